The molecule has 0 saturated carbocycles. The largest absolute Gasteiger partial charge is 0.484 e. The summed E-state index contributed by atoms with van der Waals surface area (Å²) in [5.74, 6) is -1.45. The number of hydrazone groups is 1. The Morgan fingerprint density at radius 2 is 1.94 bits per heavy atom. The van der Waals surface area contributed by atoms with E-state index in [-0.39, 0.29) is 18.6 Å². The Morgan fingerprint density at radius 1 is 1.10 bits per heavy atom. The Balaban J connectivity index is 1.41. The van der Waals surface area contributed by atoms with Gasteiger partial charge in [-0.1, -0.05) is 30.3 Å². The van der Waals surface area contributed by atoms with Crippen molar-refractivity contribution >= 4 is 29.6 Å². The number of nitrogens with zero attached hydrogens (tertiary/aromatic N) is 1. The lowest BCUT2D eigenvalue weighted by molar-refractivity contribution is -0.139. The van der Waals surface area contributed by atoms with E-state index in [9.17, 15) is 14.4 Å². The minimum Gasteiger partial charge on any atom is -0.484 e. The van der Waals surface area contributed by atoms with Gasteiger partial charge in [0.25, 0.3) is 5.91 Å². The van der Waals surface area contributed by atoms with E-state index in [4.69, 9.17) is 9.47 Å². The first-order chi connectivity index (χ1) is 15.1. The minimum atomic E-state index is -0.862. The number of hydrogen-bond donors (Lipinski definition) is 3. The summed E-state index contributed by atoms with van der Waals surface area (Å²) in [7, 11) is 0. The molecular formula is C22H24N4O5. The van der Waals surface area contributed by atoms with Gasteiger partial charge in [-0.15, -0.1) is 0 Å². The summed E-state index contributed by atoms with van der Waals surface area (Å²) < 4.78 is 10.9. The molecule has 1 heterocycles. The Bertz CT molecular complexity index is 927. The van der Waals surface area contributed by atoms with Gasteiger partial charge in [0, 0.05) is 18.8 Å². The van der Waals surface area contributed by atoms with Crippen molar-refractivity contribution < 1.29 is 23.9 Å². The van der Waals surface area contributed by atoms with Gasteiger partial charge in [-0.05, 0) is 42.7 Å². The summed E-state index contributed by atoms with van der Waals surface area (Å²) in [6, 6.07) is 15.9. The van der Waals surface area contributed by atoms with Crippen LogP contribution in [-0.4, -0.2) is 49.8 Å². The quantitative estimate of drug-likeness (QED) is 0.337. The van der Waals surface area contributed by atoms with Crippen LogP contribution in [0.5, 0.6) is 5.75 Å². The number of carbonyl (C=O) groups is 3. The van der Waals surface area contributed by atoms with Crippen LogP contribution in [0.2, 0.25) is 0 Å². The molecule has 3 amide bonds. The van der Waals surface area contributed by atoms with Crippen LogP contribution in [0.3, 0.4) is 0 Å². The van der Waals surface area contributed by atoms with Gasteiger partial charge in [0.2, 0.25) is 0 Å². The Morgan fingerprint density at radius 3 is 2.71 bits per heavy atom. The molecule has 9 nitrogen and oxygen atoms in total. The molecule has 0 radical (unpaired) electrons. The molecule has 0 aliphatic carbocycles. The summed E-state index contributed by atoms with van der Waals surface area (Å²) in [4.78, 5) is 35.5. The molecule has 3 rings (SSSR count). The molecule has 0 spiro atoms. The highest BCUT2D eigenvalue weighted by atomic mass is 16.5. The van der Waals surface area contributed by atoms with Gasteiger partial charge in [0.1, 0.15) is 5.75 Å². The van der Waals surface area contributed by atoms with Crippen molar-refractivity contribution in [2.24, 2.45) is 5.10 Å². The lowest BCUT2D eigenvalue weighted by Gasteiger charge is -2.09. The molecule has 2 aromatic rings. The first kappa shape index (κ1) is 22.0. The normalized spacial score (nSPS) is 15.4. The number of anilines is 1. The second kappa shape index (κ2) is 11.5. The summed E-state index contributed by atoms with van der Waals surface area (Å²) in [5, 5.41) is 9.03. The van der Waals surface area contributed by atoms with Gasteiger partial charge in [0.05, 0.1) is 12.3 Å². The van der Waals surface area contributed by atoms with Crippen LogP contribution >= 0.6 is 0 Å². The molecule has 31 heavy (non-hydrogen) atoms. The van der Waals surface area contributed by atoms with E-state index in [1.807, 2.05) is 18.2 Å². The van der Waals surface area contributed by atoms with Gasteiger partial charge in [0.15, 0.2) is 6.61 Å². The van der Waals surface area contributed by atoms with Crippen molar-refractivity contribution in [2.75, 3.05) is 25.1 Å². The number of para-hydroxylation sites is 1. The summed E-state index contributed by atoms with van der Waals surface area (Å²) in [6.45, 7) is 0.821. The van der Waals surface area contributed by atoms with Crippen molar-refractivity contribution in [1.29, 1.82) is 0 Å². The maximum atomic E-state index is 12.0. The first-order valence-corrected chi connectivity index (χ1v) is 9.91. The molecule has 2 aromatic carbocycles. The molecular weight excluding hydrogens is 400 g/mol. The number of rotatable bonds is 8. The fourth-order valence-corrected chi connectivity index (χ4v) is 2.86. The molecule has 1 fully saturated rings. The van der Waals surface area contributed by atoms with Crippen LogP contribution in [0.15, 0.2) is 59.7 Å². The number of amides is 3. The summed E-state index contributed by atoms with van der Waals surface area (Å²) in [5.41, 5.74) is 3.49. The van der Waals surface area contributed by atoms with Gasteiger partial charge in [-0.25, -0.2) is 5.43 Å². The number of benzene rings is 2. The molecule has 0 bridgehead atoms. The highest BCUT2D eigenvalue weighted by Gasteiger charge is 2.18. The van der Waals surface area contributed by atoms with Crippen LogP contribution in [-0.2, 0) is 19.1 Å². The standard InChI is InChI=1S/C22H24N4O5/c27-20(25-17-7-2-1-3-8-17)15-31-18-9-4-6-16(12-18)13-24-26-22(29)21(28)23-14-19-10-5-11-30-19/h1-4,6-9,12-13,19H,5,10-11,14-15H2,(H,23,28)(H,25,27)(H,26,29)/b24-13-/t19-/m0/s1. The predicted molar refractivity (Wildman–Crippen MR) is 115 cm³/mol. The van der Waals surface area contributed by atoms with Gasteiger partial charge < -0.3 is 20.1 Å². The zero-order valence-corrected chi connectivity index (χ0v) is 16.9. The third kappa shape index (κ3) is 7.56. The van der Waals surface area contributed by atoms with Crippen molar-refractivity contribution in [2.45, 2.75) is 18.9 Å². The minimum absolute atomic E-state index is 0.0437. The van der Waals surface area contributed by atoms with Crippen LogP contribution in [0.1, 0.15) is 18.4 Å². The van der Waals surface area contributed by atoms with E-state index in [0.29, 0.717) is 30.2 Å². The second-order valence-electron chi connectivity index (χ2n) is 6.82. The number of nitrogens with one attached hydrogen (secondary N) is 3. The SMILES string of the molecule is O=C(COc1cccc(/C=N\NC(=O)C(=O)NC[C@@H]2CCCO2)c1)Nc1ccccc1. The molecule has 162 valence electrons. The van der Waals surface area contributed by atoms with Crippen molar-refractivity contribution in [3.63, 3.8) is 0 Å². The number of carbonyl (C=O) groups excluding carboxylic acids is 3. The van der Waals surface area contributed by atoms with Crippen LogP contribution in [0, 0.1) is 0 Å². The van der Waals surface area contributed by atoms with Crippen LogP contribution in [0.25, 0.3) is 0 Å². The molecule has 1 aliphatic rings. The van der Waals surface area contributed by atoms with Gasteiger partial charge in [-0.2, -0.15) is 5.10 Å². The number of ether oxygens (including phenoxy) is 2. The molecule has 3 N–H and O–H groups in total. The molecule has 1 saturated heterocycles. The van der Waals surface area contributed by atoms with Crippen LogP contribution in [0.4, 0.5) is 5.69 Å². The Kier molecular flexibility index (Phi) is 8.13. The lowest BCUT2D eigenvalue weighted by atomic mass is 10.2. The summed E-state index contributed by atoms with van der Waals surface area (Å²) in [6.07, 6.45) is 3.16. The maximum Gasteiger partial charge on any atom is 0.329 e. The monoisotopic (exact) mass is 424 g/mol. The second-order valence-corrected chi connectivity index (χ2v) is 6.82. The third-order valence-electron chi connectivity index (χ3n) is 4.39. The van der Waals surface area contributed by atoms with Crippen molar-refractivity contribution in [3.8, 4) is 5.75 Å². The van der Waals surface area contributed by atoms with Crippen molar-refractivity contribution in [3.05, 3.63) is 60.2 Å². The lowest BCUT2D eigenvalue weighted by Crippen LogP contribution is -2.41. The fourth-order valence-electron chi connectivity index (χ4n) is 2.86. The van der Waals surface area contributed by atoms with Gasteiger partial charge in [-0.3, -0.25) is 14.4 Å². The molecule has 0 unspecified atom stereocenters. The fraction of sp³-hybridized carbons (Fsp3) is 0.273. The smallest absolute Gasteiger partial charge is 0.329 e. The molecule has 1 aliphatic heterocycles. The molecule has 1 atom stereocenters. The Hall–Kier alpha value is -3.72. The zero-order valence-electron chi connectivity index (χ0n) is 16.9. The average Bonchev–Trinajstić information content (AvgIpc) is 3.31. The zero-order chi connectivity index (χ0) is 21.9. The summed E-state index contributed by atoms with van der Waals surface area (Å²) >= 11 is 0. The van der Waals surface area contributed by atoms with E-state index in [1.165, 1.54) is 6.21 Å². The first-order valence-electron chi connectivity index (χ1n) is 9.91. The molecule has 9 heteroatoms. The predicted octanol–water partition coefficient (Wildman–Crippen LogP) is 1.45. The average molecular weight is 424 g/mol. The molecule has 0 aromatic heterocycles. The third-order valence-corrected chi connectivity index (χ3v) is 4.39. The maximum absolute atomic E-state index is 12.0. The van der Waals surface area contributed by atoms with E-state index in [2.05, 4.69) is 21.2 Å². The highest BCUT2D eigenvalue weighted by Crippen LogP contribution is 2.13. The highest BCUT2D eigenvalue weighted by molar-refractivity contribution is 6.35. The van der Waals surface area contributed by atoms with E-state index < -0.39 is 11.8 Å². The Labute approximate surface area is 179 Å². The van der Waals surface area contributed by atoms with Gasteiger partial charge >= 0.3 is 11.8 Å². The van der Waals surface area contributed by atoms with E-state index >= 15 is 0 Å². The topological polar surface area (TPSA) is 118 Å². The van der Waals surface area contributed by atoms with E-state index in [0.717, 1.165) is 12.8 Å². The van der Waals surface area contributed by atoms with E-state index in [1.54, 1.807) is 36.4 Å². The van der Waals surface area contributed by atoms with Crippen LogP contribution < -0.4 is 20.8 Å². The number of hydrogen-bond acceptors (Lipinski definition) is 6. The van der Waals surface area contributed by atoms with Crippen molar-refractivity contribution in [1.82, 2.24) is 10.7 Å².